The molecule has 2 aliphatic carbocycles. The summed E-state index contributed by atoms with van der Waals surface area (Å²) in [6, 6.07) is 0. The Balaban J connectivity index is 1.84. The molecule has 0 aromatic carbocycles. The monoisotopic (exact) mass is 324 g/mol. The van der Waals surface area contributed by atoms with Crippen molar-refractivity contribution in [3.8, 4) is 0 Å². The summed E-state index contributed by atoms with van der Waals surface area (Å²) in [7, 11) is 0. The van der Waals surface area contributed by atoms with E-state index in [2.05, 4.69) is 0 Å². The van der Waals surface area contributed by atoms with Crippen LogP contribution in [-0.2, 0) is 19.1 Å². The molecule has 0 N–H and O–H groups in total. The van der Waals surface area contributed by atoms with E-state index >= 15 is 0 Å². The summed E-state index contributed by atoms with van der Waals surface area (Å²) < 4.78 is 11.3. The minimum atomic E-state index is -0.419. The zero-order valence-electron chi connectivity index (χ0n) is 14.7. The molecule has 0 aliphatic heterocycles. The molecule has 132 valence electrons. The Morgan fingerprint density at radius 3 is 1.70 bits per heavy atom. The van der Waals surface area contributed by atoms with Crippen LogP contribution in [0.2, 0.25) is 0 Å². The van der Waals surface area contributed by atoms with Gasteiger partial charge in [0.15, 0.2) is 0 Å². The average Bonchev–Trinajstić information content (AvgIpc) is 2.57. The van der Waals surface area contributed by atoms with E-state index in [-0.39, 0.29) is 30.1 Å². The van der Waals surface area contributed by atoms with Gasteiger partial charge in [0.25, 0.3) is 0 Å². The first-order valence-corrected chi connectivity index (χ1v) is 9.52. The van der Waals surface area contributed by atoms with Gasteiger partial charge in [-0.3, -0.25) is 9.59 Å². The Hall–Kier alpha value is -1.06. The number of esters is 2. The summed E-state index contributed by atoms with van der Waals surface area (Å²) in [6.07, 6.45) is 11.5. The lowest BCUT2D eigenvalue weighted by Crippen LogP contribution is -2.35. The first-order valence-electron chi connectivity index (χ1n) is 9.52. The molecule has 4 heteroatoms. The van der Waals surface area contributed by atoms with Crippen molar-refractivity contribution in [3.63, 3.8) is 0 Å². The quantitative estimate of drug-likeness (QED) is 0.680. The van der Waals surface area contributed by atoms with E-state index in [1.54, 1.807) is 0 Å². The summed E-state index contributed by atoms with van der Waals surface area (Å²) in [4.78, 5) is 24.8. The van der Waals surface area contributed by atoms with Crippen LogP contribution in [0.5, 0.6) is 0 Å². The van der Waals surface area contributed by atoms with Gasteiger partial charge in [0.1, 0.15) is 12.2 Å². The molecule has 2 aliphatic rings. The molecule has 2 fully saturated rings. The van der Waals surface area contributed by atoms with Crippen molar-refractivity contribution in [1.29, 1.82) is 0 Å². The van der Waals surface area contributed by atoms with Crippen LogP contribution in [0.25, 0.3) is 0 Å². The van der Waals surface area contributed by atoms with Crippen molar-refractivity contribution in [2.45, 2.75) is 96.7 Å². The van der Waals surface area contributed by atoms with E-state index < -0.39 is 5.92 Å². The van der Waals surface area contributed by atoms with Crippen molar-refractivity contribution in [3.05, 3.63) is 0 Å². The van der Waals surface area contributed by atoms with Crippen LogP contribution in [0.4, 0.5) is 0 Å². The molecule has 0 heterocycles. The van der Waals surface area contributed by atoms with Crippen LogP contribution in [0.15, 0.2) is 0 Å². The van der Waals surface area contributed by atoms with Crippen molar-refractivity contribution in [2.75, 3.05) is 0 Å². The lowest BCUT2D eigenvalue weighted by Gasteiger charge is -2.28. The van der Waals surface area contributed by atoms with Gasteiger partial charge in [0, 0.05) is 0 Å². The highest BCUT2D eigenvalue weighted by molar-refractivity contribution is 5.82. The van der Waals surface area contributed by atoms with Gasteiger partial charge >= 0.3 is 11.9 Å². The number of carbonyl (C=O) groups is 2. The van der Waals surface area contributed by atoms with Crippen LogP contribution >= 0.6 is 0 Å². The summed E-state index contributed by atoms with van der Waals surface area (Å²) in [6.45, 7) is 3.75. The Kier molecular flexibility index (Phi) is 7.38. The maximum absolute atomic E-state index is 12.5. The summed E-state index contributed by atoms with van der Waals surface area (Å²) in [5.74, 6) is -1.25. The third-order valence-corrected chi connectivity index (χ3v) is 5.39. The van der Waals surface area contributed by atoms with Crippen LogP contribution < -0.4 is 0 Å². The fourth-order valence-electron chi connectivity index (χ4n) is 3.78. The second kappa shape index (κ2) is 9.29. The van der Waals surface area contributed by atoms with E-state index in [0.717, 1.165) is 51.4 Å². The number of hydrogen-bond donors (Lipinski definition) is 0. The number of rotatable bonds is 6. The predicted molar refractivity (Wildman–Crippen MR) is 88.9 cm³/mol. The molecule has 2 atom stereocenters. The molecule has 0 radical (unpaired) electrons. The highest BCUT2D eigenvalue weighted by Gasteiger charge is 2.34. The Morgan fingerprint density at radius 2 is 1.26 bits per heavy atom. The highest BCUT2D eigenvalue weighted by Crippen LogP contribution is 2.27. The van der Waals surface area contributed by atoms with E-state index in [1.807, 2.05) is 13.8 Å². The van der Waals surface area contributed by atoms with Gasteiger partial charge in [-0.1, -0.05) is 26.7 Å². The highest BCUT2D eigenvalue weighted by atomic mass is 16.6. The molecule has 2 unspecified atom stereocenters. The Bertz CT molecular complexity index is 381. The molecule has 0 bridgehead atoms. The molecule has 0 aromatic heterocycles. The molecule has 2 rings (SSSR count). The maximum atomic E-state index is 12.5. The van der Waals surface area contributed by atoms with Gasteiger partial charge in [0.2, 0.25) is 0 Å². The molecule has 0 spiro atoms. The van der Waals surface area contributed by atoms with Gasteiger partial charge in [-0.2, -0.15) is 0 Å². The van der Waals surface area contributed by atoms with Crippen molar-refractivity contribution >= 4 is 11.9 Å². The second-order valence-electron chi connectivity index (χ2n) is 7.20. The van der Waals surface area contributed by atoms with Gasteiger partial charge in [-0.05, 0) is 57.8 Å². The van der Waals surface area contributed by atoms with Gasteiger partial charge < -0.3 is 9.47 Å². The van der Waals surface area contributed by atoms with Crippen LogP contribution in [0.1, 0.15) is 84.5 Å². The molecule has 0 saturated heterocycles. The third kappa shape index (κ3) is 5.50. The van der Waals surface area contributed by atoms with E-state index in [0.29, 0.717) is 6.42 Å². The van der Waals surface area contributed by atoms with Gasteiger partial charge in [0.05, 0.1) is 11.8 Å². The van der Waals surface area contributed by atoms with E-state index in [1.165, 1.54) is 12.8 Å². The zero-order chi connectivity index (χ0) is 16.7. The normalized spacial score (nSPS) is 23.0. The van der Waals surface area contributed by atoms with Crippen LogP contribution in [0, 0.1) is 11.8 Å². The Labute approximate surface area is 140 Å². The smallest absolute Gasteiger partial charge is 0.310 e. The third-order valence-electron chi connectivity index (χ3n) is 5.39. The average molecular weight is 324 g/mol. The first-order chi connectivity index (χ1) is 11.1. The zero-order valence-corrected chi connectivity index (χ0v) is 14.7. The summed E-state index contributed by atoms with van der Waals surface area (Å²) >= 11 is 0. The van der Waals surface area contributed by atoms with E-state index in [9.17, 15) is 9.59 Å². The lowest BCUT2D eigenvalue weighted by molar-refractivity contribution is -0.167. The minimum Gasteiger partial charge on any atom is -0.462 e. The lowest BCUT2D eigenvalue weighted by atomic mass is 9.90. The molecular weight excluding hydrogens is 292 g/mol. The molecule has 23 heavy (non-hydrogen) atoms. The van der Waals surface area contributed by atoms with Gasteiger partial charge in [-0.15, -0.1) is 0 Å². The van der Waals surface area contributed by atoms with Crippen molar-refractivity contribution < 1.29 is 19.1 Å². The largest absolute Gasteiger partial charge is 0.462 e. The fraction of sp³-hybridized carbons (Fsp3) is 0.895. The minimum absolute atomic E-state index is 0.0468. The van der Waals surface area contributed by atoms with Crippen molar-refractivity contribution in [2.24, 2.45) is 11.8 Å². The number of carbonyl (C=O) groups excluding carboxylic acids is 2. The SMILES string of the molecule is CCC(C(=O)OC1CCCCC1)C(C)C(=O)OC1CCCCC1. The molecule has 2 saturated carbocycles. The Morgan fingerprint density at radius 1 is 0.826 bits per heavy atom. The maximum Gasteiger partial charge on any atom is 0.310 e. The molecule has 0 aromatic rings. The molecule has 0 amide bonds. The number of hydrogen-bond acceptors (Lipinski definition) is 4. The van der Waals surface area contributed by atoms with Crippen LogP contribution in [0.3, 0.4) is 0 Å². The number of ether oxygens (including phenoxy) is 2. The summed E-state index contributed by atoms with van der Waals surface area (Å²) in [5, 5.41) is 0. The molecular formula is C19H32O4. The summed E-state index contributed by atoms with van der Waals surface area (Å²) in [5.41, 5.74) is 0. The molecule has 4 nitrogen and oxygen atoms in total. The van der Waals surface area contributed by atoms with Crippen molar-refractivity contribution in [1.82, 2.24) is 0 Å². The van der Waals surface area contributed by atoms with Gasteiger partial charge in [-0.25, -0.2) is 0 Å². The standard InChI is InChI=1S/C19H32O4/c1-3-17(19(21)23-16-12-8-5-9-13-16)14(2)18(20)22-15-10-6-4-7-11-15/h14-17H,3-13H2,1-2H3. The topological polar surface area (TPSA) is 52.6 Å². The van der Waals surface area contributed by atoms with Crippen LogP contribution in [-0.4, -0.2) is 24.1 Å². The first kappa shape index (κ1) is 18.3. The van der Waals surface area contributed by atoms with E-state index in [4.69, 9.17) is 9.47 Å². The second-order valence-corrected chi connectivity index (χ2v) is 7.20. The fourth-order valence-corrected chi connectivity index (χ4v) is 3.78. The predicted octanol–water partition coefficient (Wildman–Crippen LogP) is 4.40.